The van der Waals surface area contributed by atoms with Crippen molar-refractivity contribution in [3.8, 4) is 0 Å². The highest BCUT2D eigenvalue weighted by Crippen LogP contribution is 2.16. The summed E-state index contributed by atoms with van der Waals surface area (Å²) in [7, 11) is 1.27. The van der Waals surface area contributed by atoms with Crippen molar-refractivity contribution in [2.45, 2.75) is 12.5 Å². The maximum Gasteiger partial charge on any atom is 0.407 e. The topological polar surface area (TPSA) is 92.9 Å². The van der Waals surface area contributed by atoms with Gasteiger partial charge in [-0.05, 0) is 6.42 Å². The van der Waals surface area contributed by atoms with Crippen LogP contribution >= 0.6 is 0 Å². The summed E-state index contributed by atoms with van der Waals surface area (Å²) in [4.78, 5) is 23.1. The Morgan fingerprint density at radius 1 is 1.57 bits per heavy atom. The molecule has 1 amide bonds. The molecule has 0 unspecified atom stereocenters. The van der Waals surface area contributed by atoms with Crippen molar-refractivity contribution in [3.63, 3.8) is 0 Å². The number of amides is 1. The summed E-state index contributed by atoms with van der Waals surface area (Å²) in [5, 5.41) is 8.73. The van der Waals surface area contributed by atoms with Crippen LogP contribution in [0, 0.1) is 5.92 Å². The fourth-order valence-electron chi connectivity index (χ4n) is 1.54. The van der Waals surface area contributed by atoms with Crippen molar-refractivity contribution < 1.29 is 19.4 Å². The number of hydrogen-bond acceptors (Lipinski definition) is 4. The molecule has 1 aliphatic rings. The number of carbonyl (C=O) groups is 2. The van der Waals surface area contributed by atoms with E-state index in [9.17, 15) is 9.59 Å². The molecule has 6 heteroatoms. The van der Waals surface area contributed by atoms with Gasteiger partial charge in [-0.3, -0.25) is 4.79 Å². The van der Waals surface area contributed by atoms with Crippen molar-refractivity contribution >= 4 is 12.1 Å². The van der Waals surface area contributed by atoms with Gasteiger partial charge in [-0.1, -0.05) is 0 Å². The molecule has 2 atom stereocenters. The Balaban J connectivity index is 2.64. The van der Waals surface area contributed by atoms with E-state index in [0.717, 1.165) is 0 Å². The Labute approximate surface area is 81.6 Å². The van der Waals surface area contributed by atoms with Crippen LogP contribution < -0.4 is 5.73 Å². The maximum absolute atomic E-state index is 11.2. The highest BCUT2D eigenvalue weighted by Gasteiger charge is 2.34. The number of hydrogen-bond donors (Lipinski definition) is 2. The van der Waals surface area contributed by atoms with Gasteiger partial charge < -0.3 is 20.5 Å². The van der Waals surface area contributed by atoms with Gasteiger partial charge in [0.25, 0.3) is 0 Å². The minimum atomic E-state index is -1.02. The molecule has 0 aromatic rings. The number of ether oxygens (including phenoxy) is 1. The lowest BCUT2D eigenvalue weighted by Crippen LogP contribution is -2.51. The first kappa shape index (κ1) is 10.8. The average molecular weight is 202 g/mol. The number of rotatable bonds is 1. The quantitative estimate of drug-likeness (QED) is 0.558. The number of carboxylic acid groups (broad SMARTS) is 1. The third kappa shape index (κ3) is 2.14. The first-order valence-electron chi connectivity index (χ1n) is 4.37. The van der Waals surface area contributed by atoms with E-state index in [1.807, 2.05) is 0 Å². The molecule has 1 fully saturated rings. The van der Waals surface area contributed by atoms with Crippen LogP contribution in [0.15, 0.2) is 0 Å². The minimum absolute atomic E-state index is 0.128. The average Bonchev–Trinajstić information content (AvgIpc) is 2.17. The Hall–Kier alpha value is -1.30. The molecule has 3 N–H and O–H groups in total. The van der Waals surface area contributed by atoms with Crippen LogP contribution in [0.5, 0.6) is 0 Å². The Bertz CT molecular complexity index is 243. The highest BCUT2D eigenvalue weighted by atomic mass is 16.5. The van der Waals surface area contributed by atoms with Crippen molar-refractivity contribution in [2.75, 3.05) is 20.2 Å². The molecule has 1 saturated heterocycles. The van der Waals surface area contributed by atoms with Crippen molar-refractivity contribution in [3.05, 3.63) is 0 Å². The molecular formula is C8H14N2O4. The molecule has 1 aliphatic heterocycles. The predicted octanol–water partition coefficient (Wildman–Crippen LogP) is -0.513. The molecule has 14 heavy (non-hydrogen) atoms. The van der Waals surface area contributed by atoms with E-state index in [4.69, 9.17) is 10.8 Å². The summed E-state index contributed by atoms with van der Waals surface area (Å²) < 4.78 is 4.55. The fourth-order valence-corrected chi connectivity index (χ4v) is 1.54. The number of esters is 1. The van der Waals surface area contributed by atoms with Crippen LogP contribution in [0.4, 0.5) is 4.79 Å². The van der Waals surface area contributed by atoms with E-state index >= 15 is 0 Å². The maximum atomic E-state index is 11.2. The second kappa shape index (κ2) is 4.28. The molecule has 0 aliphatic carbocycles. The summed E-state index contributed by atoms with van der Waals surface area (Å²) in [6, 6.07) is -0.307. The fraction of sp³-hybridized carbons (Fsp3) is 0.750. The summed E-state index contributed by atoms with van der Waals surface area (Å²) in [5.74, 6) is -0.978. The summed E-state index contributed by atoms with van der Waals surface area (Å²) in [5.41, 5.74) is 5.70. The zero-order valence-corrected chi connectivity index (χ0v) is 7.97. The van der Waals surface area contributed by atoms with Crippen molar-refractivity contribution in [1.82, 2.24) is 4.90 Å². The number of carbonyl (C=O) groups excluding carboxylic acids is 1. The zero-order chi connectivity index (χ0) is 10.7. The number of nitrogens with zero attached hydrogens (tertiary/aromatic N) is 1. The van der Waals surface area contributed by atoms with E-state index in [1.165, 1.54) is 12.0 Å². The van der Waals surface area contributed by atoms with Gasteiger partial charge in [0.1, 0.15) is 0 Å². The standard InChI is InChI=1S/C8H14N2O4/c1-14-7(11)5-4-10(8(12)13)3-2-6(5)9/h5-6H,2-4,9H2,1H3,(H,12,13)/t5-,6+/m0/s1. The van der Waals surface area contributed by atoms with Gasteiger partial charge in [-0.25, -0.2) is 4.79 Å². The zero-order valence-electron chi connectivity index (χ0n) is 7.97. The molecule has 0 spiro atoms. The molecule has 0 bridgehead atoms. The minimum Gasteiger partial charge on any atom is -0.469 e. The molecule has 80 valence electrons. The van der Waals surface area contributed by atoms with E-state index in [-0.39, 0.29) is 12.6 Å². The van der Waals surface area contributed by atoms with Gasteiger partial charge in [-0.15, -0.1) is 0 Å². The molecular weight excluding hydrogens is 188 g/mol. The first-order valence-corrected chi connectivity index (χ1v) is 4.37. The number of likely N-dealkylation sites (tertiary alicyclic amines) is 1. The van der Waals surface area contributed by atoms with E-state index in [2.05, 4.69) is 4.74 Å². The smallest absolute Gasteiger partial charge is 0.407 e. The SMILES string of the molecule is COC(=O)[C@H]1CN(C(=O)O)CC[C@H]1N. The third-order valence-electron chi connectivity index (χ3n) is 2.44. The van der Waals surface area contributed by atoms with Crippen LogP contribution in [-0.2, 0) is 9.53 Å². The summed E-state index contributed by atoms with van der Waals surface area (Å²) in [6.45, 7) is 0.507. The summed E-state index contributed by atoms with van der Waals surface area (Å²) in [6.07, 6.45) is -0.530. The van der Waals surface area contributed by atoms with Gasteiger partial charge in [-0.2, -0.15) is 0 Å². The lowest BCUT2D eigenvalue weighted by atomic mass is 9.93. The van der Waals surface area contributed by atoms with Crippen LogP contribution in [0.1, 0.15) is 6.42 Å². The van der Waals surface area contributed by atoms with Crippen LogP contribution in [0.2, 0.25) is 0 Å². The lowest BCUT2D eigenvalue weighted by molar-refractivity contribution is -0.147. The Morgan fingerprint density at radius 3 is 2.71 bits per heavy atom. The van der Waals surface area contributed by atoms with E-state index in [1.54, 1.807) is 0 Å². The van der Waals surface area contributed by atoms with Crippen molar-refractivity contribution in [2.24, 2.45) is 11.7 Å². The molecule has 0 saturated carbocycles. The molecule has 0 radical (unpaired) electrons. The molecule has 6 nitrogen and oxygen atoms in total. The van der Waals surface area contributed by atoms with Gasteiger partial charge in [0.05, 0.1) is 13.0 Å². The van der Waals surface area contributed by atoms with E-state index < -0.39 is 18.0 Å². The van der Waals surface area contributed by atoms with Gasteiger partial charge in [0.15, 0.2) is 0 Å². The monoisotopic (exact) mass is 202 g/mol. The Kier molecular flexibility index (Phi) is 3.29. The van der Waals surface area contributed by atoms with E-state index in [0.29, 0.717) is 13.0 Å². The molecule has 1 heterocycles. The number of nitrogens with two attached hydrogens (primary N) is 1. The number of methoxy groups -OCH3 is 1. The number of piperidine rings is 1. The third-order valence-corrected chi connectivity index (χ3v) is 2.44. The van der Waals surface area contributed by atoms with Crippen LogP contribution in [-0.4, -0.2) is 48.3 Å². The van der Waals surface area contributed by atoms with Crippen molar-refractivity contribution in [1.29, 1.82) is 0 Å². The van der Waals surface area contributed by atoms with Crippen LogP contribution in [0.3, 0.4) is 0 Å². The van der Waals surface area contributed by atoms with Crippen LogP contribution in [0.25, 0.3) is 0 Å². The largest absolute Gasteiger partial charge is 0.469 e. The molecule has 0 aromatic heterocycles. The first-order chi connectivity index (χ1) is 6.56. The normalized spacial score (nSPS) is 27.1. The predicted molar refractivity (Wildman–Crippen MR) is 47.7 cm³/mol. The van der Waals surface area contributed by atoms with Gasteiger partial charge >= 0.3 is 12.1 Å². The molecule has 0 aromatic carbocycles. The molecule has 1 rings (SSSR count). The second-order valence-corrected chi connectivity index (χ2v) is 3.31. The van der Waals surface area contributed by atoms with Gasteiger partial charge in [0.2, 0.25) is 0 Å². The lowest BCUT2D eigenvalue weighted by Gasteiger charge is -2.33. The highest BCUT2D eigenvalue weighted by molar-refractivity contribution is 5.75. The van der Waals surface area contributed by atoms with Gasteiger partial charge in [0, 0.05) is 19.1 Å². The Morgan fingerprint density at radius 2 is 2.21 bits per heavy atom. The second-order valence-electron chi connectivity index (χ2n) is 3.31. The summed E-state index contributed by atoms with van der Waals surface area (Å²) >= 11 is 0.